The number of hydrogen-bond donors (Lipinski definition) is 1. The molecule has 1 amide bonds. The lowest BCUT2D eigenvalue weighted by atomic mass is 9.95. The summed E-state index contributed by atoms with van der Waals surface area (Å²) in [5.74, 6) is -0.347. The zero-order valence-corrected chi connectivity index (χ0v) is 16.1. The Bertz CT molecular complexity index is 915. The van der Waals surface area contributed by atoms with Gasteiger partial charge in [0.25, 0.3) is 0 Å². The van der Waals surface area contributed by atoms with Gasteiger partial charge in [0.05, 0.1) is 5.75 Å². The van der Waals surface area contributed by atoms with E-state index in [2.05, 4.69) is 5.32 Å². The van der Waals surface area contributed by atoms with E-state index in [1.54, 1.807) is 13.0 Å². The lowest BCUT2D eigenvalue weighted by Crippen LogP contribution is -2.52. The van der Waals surface area contributed by atoms with Crippen molar-refractivity contribution in [3.8, 4) is 0 Å². The van der Waals surface area contributed by atoms with Gasteiger partial charge in [-0.2, -0.15) is 4.31 Å². The average Bonchev–Trinajstić information content (AvgIpc) is 2.66. The quantitative estimate of drug-likeness (QED) is 0.850. The molecular formula is C19H21ClN2O3S. The topological polar surface area (TPSA) is 66.5 Å². The van der Waals surface area contributed by atoms with Crippen LogP contribution in [-0.4, -0.2) is 30.4 Å². The number of fused-ring (bicyclic) bond motifs is 1. The molecule has 1 aliphatic heterocycles. The number of halogens is 1. The fourth-order valence-electron chi connectivity index (χ4n) is 3.12. The molecule has 138 valence electrons. The van der Waals surface area contributed by atoms with Crippen LogP contribution >= 0.6 is 11.6 Å². The summed E-state index contributed by atoms with van der Waals surface area (Å²) in [7, 11) is -3.50. The van der Waals surface area contributed by atoms with Gasteiger partial charge in [0.2, 0.25) is 15.9 Å². The number of nitrogens with zero attached hydrogens (tertiary/aromatic N) is 1. The van der Waals surface area contributed by atoms with Crippen molar-refractivity contribution >= 4 is 27.5 Å². The Morgan fingerprint density at radius 1 is 1.15 bits per heavy atom. The Morgan fingerprint density at radius 2 is 1.81 bits per heavy atom. The minimum Gasteiger partial charge on any atom is -0.351 e. The van der Waals surface area contributed by atoms with E-state index in [0.29, 0.717) is 11.4 Å². The van der Waals surface area contributed by atoms with Gasteiger partial charge in [-0.15, -0.1) is 0 Å². The Morgan fingerprint density at radius 3 is 2.50 bits per heavy atom. The van der Waals surface area contributed by atoms with Crippen molar-refractivity contribution in [3.05, 3.63) is 70.2 Å². The summed E-state index contributed by atoms with van der Waals surface area (Å²) in [5, 5.41) is 3.41. The first-order valence-electron chi connectivity index (χ1n) is 8.50. The summed E-state index contributed by atoms with van der Waals surface area (Å²) in [6, 6.07) is 14.1. The third-order valence-electron chi connectivity index (χ3n) is 4.64. The van der Waals surface area contributed by atoms with E-state index < -0.39 is 16.1 Å². The number of sulfonamides is 1. The molecule has 1 N–H and O–H groups in total. The monoisotopic (exact) mass is 392 g/mol. The van der Waals surface area contributed by atoms with E-state index in [1.165, 1.54) is 4.31 Å². The highest BCUT2D eigenvalue weighted by atomic mass is 35.5. The molecule has 1 aliphatic rings. The van der Waals surface area contributed by atoms with Crippen LogP contribution in [0.15, 0.2) is 48.5 Å². The van der Waals surface area contributed by atoms with E-state index in [-0.39, 0.29) is 24.7 Å². The first-order valence-corrected chi connectivity index (χ1v) is 10.5. The van der Waals surface area contributed by atoms with Crippen molar-refractivity contribution in [2.45, 2.75) is 32.5 Å². The van der Waals surface area contributed by atoms with Crippen LogP contribution < -0.4 is 5.32 Å². The molecule has 2 aromatic rings. The summed E-state index contributed by atoms with van der Waals surface area (Å²) in [5.41, 5.74) is 2.75. The predicted molar refractivity (Wildman–Crippen MR) is 102 cm³/mol. The highest BCUT2D eigenvalue weighted by Crippen LogP contribution is 2.26. The second-order valence-electron chi connectivity index (χ2n) is 6.24. The van der Waals surface area contributed by atoms with Crippen molar-refractivity contribution in [2.75, 3.05) is 5.75 Å². The number of hydrogen-bond acceptors (Lipinski definition) is 3. The molecule has 1 atom stereocenters. The van der Waals surface area contributed by atoms with Crippen molar-refractivity contribution in [3.63, 3.8) is 0 Å². The van der Waals surface area contributed by atoms with Gasteiger partial charge in [-0.05, 0) is 36.1 Å². The smallest absolute Gasteiger partial charge is 0.239 e. The molecule has 26 heavy (non-hydrogen) atoms. The average molecular weight is 393 g/mol. The Kier molecular flexibility index (Phi) is 5.65. The number of benzene rings is 2. The van der Waals surface area contributed by atoms with Gasteiger partial charge in [0.15, 0.2) is 0 Å². The number of carbonyl (C=O) groups is 1. The highest BCUT2D eigenvalue weighted by molar-refractivity contribution is 7.89. The third kappa shape index (κ3) is 3.92. The molecule has 0 fully saturated rings. The Labute approximate surface area is 159 Å². The second kappa shape index (κ2) is 7.78. The fourth-order valence-corrected chi connectivity index (χ4v) is 4.55. The molecule has 0 aromatic heterocycles. The molecule has 0 bridgehead atoms. The lowest BCUT2D eigenvalue weighted by Gasteiger charge is -2.34. The van der Waals surface area contributed by atoms with Crippen molar-refractivity contribution in [2.24, 2.45) is 0 Å². The minimum atomic E-state index is -3.50. The normalized spacial score (nSPS) is 17.5. The van der Waals surface area contributed by atoms with Gasteiger partial charge in [-0.1, -0.05) is 54.1 Å². The standard InChI is InChI=1S/C19H21ClN2O3S/c1-2-26(24,25)22-13-16-9-4-3-7-14(16)11-18(22)19(23)21-12-15-8-5-6-10-17(15)20/h3-10,18H,2,11-13H2,1H3,(H,21,23). The van der Waals surface area contributed by atoms with Gasteiger partial charge >= 0.3 is 0 Å². The largest absolute Gasteiger partial charge is 0.351 e. The van der Waals surface area contributed by atoms with Crippen LogP contribution in [0.3, 0.4) is 0 Å². The molecule has 1 heterocycles. The lowest BCUT2D eigenvalue weighted by molar-refractivity contribution is -0.125. The van der Waals surface area contributed by atoms with Crippen LogP contribution in [-0.2, 0) is 34.3 Å². The first-order chi connectivity index (χ1) is 12.4. The summed E-state index contributed by atoms with van der Waals surface area (Å²) in [4.78, 5) is 12.8. The zero-order valence-electron chi connectivity index (χ0n) is 14.5. The molecule has 0 saturated carbocycles. The first kappa shape index (κ1) is 18.9. The number of rotatable bonds is 5. The molecular weight excluding hydrogens is 372 g/mol. The molecule has 0 aliphatic carbocycles. The molecule has 0 saturated heterocycles. The number of carbonyl (C=O) groups excluding carboxylic acids is 1. The third-order valence-corrected chi connectivity index (χ3v) is 6.84. The van der Waals surface area contributed by atoms with Crippen molar-refractivity contribution in [1.29, 1.82) is 0 Å². The molecule has 0 radical (unpaired) electrons. The molecule has 3 rings (SSSR count). The summed E-state index contributed by atoms with van der Waals surface area (Å²) < 4.78 is 26.4. The Balaban J connectivity index is 1.83. The second-order valence-corrected chi connectivity index (χ2v) is 8.86. The van der Waals surface area contributed by atoms with Crippen LogP contribution in [0.4, 0.5) is 0 Å². The van der Waals surface area contributed by atoms with Gasteiger partial charge < -0.3 is 5.32 Å². The maximum atomic E-state index is 12.8. The van der Waals surface area contributed by atoms with Crippen LogP contribution in [0.2, 0.25) is 5.02 Å². The van der Waals surface area contributed by atoms with Crippen LogP contribution in [0.5, 0.6) is 0 Å². The number of nitrogens with one attached hydrogen (secondary N) is 1. The van der Waals surface area contributed by atoms with Gasteiger partial charge in [-0.25, -0.2) is 8.42 Å². The summed E-state index contributed by atoms with van der Waals surface area (Å²) in [6.07, 6.45) is 0.365. The highest BCUT2D eigenvalue weighted by Gasteiger charge is 2.37. The summed E-state index contributed by atoms with van der Waals surface area (Å²) in [6.45, 7) is 2.07. The van der Waals surface area contributed by atoms with Crippen molar-refractivity contribution in [1.82, 2.24) is 9.62 Å². The van der Waals surface area contributed by atoms with Gasteiger partial charge in [0, 0.05) is 18.1 Å². The Hall–Kier alpha value is -1.89. The van der Waals surface area contributed by atoms with E-state index in [4.69, 9.17) is 11.6 Å². The van der Waals surface area contributed by atoms with Crippen LogP contribution in [0.25, 0.3) is 0 Å². The minimum absolute atomic E-state index is 0.0382. The molecule has 1 unspecified atom stereocenters. The maximum absolute atomic E-state index is 12.8. The molecule has 0 spiro atoms. The zero-order chi connectivity index (χ0) is 18.7. The predicted octanol–water partition coefficient (Wildman–Crippen LogP) is 2.73. The van der Waals surface area contributed by atoms with Crippen LogP contribution in [0.1, 0.15) is 23.6 Å². The molecule has 2 aromatic carbocycles. The van der Waals surface area contributed by atoms with E-state index in [0.717, 1.165) is 16.7 Å². The van der Waals surface area contributed by atoms with Gasteiger partial charge in [0.1, 0.15) is 6.04 Å². The fraction of sp³-hybridized carbons (Fsp3) is 0.316. The van der Waals surface area contributed by atoms with E-state index in [9.17, 15) is 13.2 Å². The van der Waals surface area contributed by atoms with E-state index in [1.807, 2.05) is 42.5 Å². The summed E-state index contributed by atoms with van der Waals surface area (Å²) >= 11 is 6.13. The van der Waals surface area contributed by atoms with Crippen LogP contribution in [0, 0.1) is 0 Å². The molecule has 5 nitrogen and oxygen atoms in total. The molecule has 7 heteroatoms. The SMILES string of the molecule is CCS(=O)(=O)N1Cc2ccccc2CC1C(=O)NCc1ccccc1Cl. The number of amides is 1. The van der Waals surface area contributed by atoms with Gasteiger partial charge in [-0.3, -0.25) is 4.79 Å². The van der Waals surface area contributed by atoms with E-state index >= 15 is 0 Å². The maximum Gasteiger partial charge on any atom is 0.239 e. The van der Waals surface area contributed by atoms with Crippen molar-refractivity contribution < 1.29 is 13.2 Å².